The fraction of sp³-hybridized carbons (Fsp3) is 0.105. The number of halogens is 1. The van der Waals surface area contributed by atoms with Crippen molar-refractivity contribution in [1.29, 1.82) is 0 Å². The Labute approximate surface area is 149 Å². The first-order valence-corrected chi connectivity index (χ1v) is 7.90. The number of fused-ring (bicyclic) bond motifs is 1. The second kappa shape index (κ2) is 7.32. The molecule has 2 aromatic carbocycles. The largest absolute Gasteiger partial charge is 0.480 e. The van der Waals surface area contributed by atoms with Gasteiger partial charge in [-0.3, -0.25) is 9.78 Å². The number of carbonyl (C=O) groups is 2. The summed E-state index contributed by atoms with van der Waals surface area (Å²) >= 11 is 5.97. The lowest BCUT2D eigenvalue weighted by molar-refractivity contribution is -0.136. The topological polar surface area (TPSA) is 65.5 Å². The van der Waals surface area contributed by atoms with Crippen molar-refractivity contribution < 1.29 is 19.1 Å². The summed E-state index contributed by atoms with van der Waals surface area (Å²) in [6, 6.07) is 13.5. The first-order chi connectivity index (χ1) is 12.1. The number of para-hydroxylation sites is 1. The van der Waals surface area contributed by atoms with Gasteiger partial charge >= 0.3 is 5.97 Å². The van der Waals surface area contributed by atoms with Crippen molar-refractivity contribution in [3.63, 3.8) is 0 Å². The molecule has 0 aliphatic carbocycles. The van der Waals surface area contributed by atoms with Crippen LogP contribution >= 0.6 is 11.6 Å². The standard InChI is InChI=1S/C19H14ClNO4/c1-12(22)13-8-9-17(19-14(13)5-4-10-21-19)25-18(23)11-24-16-7-3-2-6-15(16)20/h2-10H,11H2,1H3. The number of benzene rings is 2. The fourth-order valence-corrected chi connectivity index (χ4v) is 2.58. The molecule has 0 aliphatic rings. The molecule has 0 radical (unpaired) electrons. The van der Waals surface area contributed by atoms with E-state index in [2.05, 4.69) is 4.98 Å². The zero-order valence-electron chi connectivity index (χ0n) is 13.4. The van der Waals surface area contributed by atoms with Crippen LogP contribution in [0.4, 0.5) is 0 Å². The SMILES string of the molecule is CC(=O)c1ccc(OC(=O)COc2ccccc2Cl)c2ncccc12. The highest BCUT2D eigenvalue weighted by Gasteiger charge is 2.14. The summed E-state index contributed by atoms with van der Waals surface area (Å²) in [4.78, 5) is 28.0. The van der Waals surface area contributed by atoms with Crippen LogP contribution in [0.25, 0.3) is 10.9 Å². The van der Waals surface area contributed by atoms with Crippen molar-refractivity contribution in [3.8, 4) is 11.5 Å². The van der Waals surface area contributed by atoms with E-state index < -0.39 is 5.97 Å². The van der Waals surface area contributed by atoms with Crippen LogP contribution in [0, 0.1) is 0 Å². The second-order valence-electron chi connectivity index (χ2n) is 5.26. The monoisotopic (exact) mass is 355 g/mol. The number of nitrogens with zero attached hydrogens (tertiary/aromatic N) is 1. The van der Waals surface area contributed by atoms with Crippen LogP contribution < -0.4 is 9.47 Å². The van der Waals surface area contributed by atoms with Crippen molar-refractivity contribution in [1.82, 2.24) is 4.98 Å². The normalized spacial score (nSPS) is 10.5. The Morgan fingerprint density at radius 2 is 1.84 bits per heavy atom. The van der Waals surface area contributed by atoms with Gasteiger partial charge in [0.25, 0.3) is 0 Å². The highest BCUT2D eigenvalue weighted by molar-refractivity contribution is 6.32. The summed E-state index contributed by atoms with van der Waals surface area (Å²) in [6.07, 6.45) is 1.57. The number of ketones is 1. The smallest absolute Gasteiger partial charge is 0.349 e. The van der Waals surface area contributed by atoms with E-state index in [1.165, 1.54) is 6.92 Å². The molecule has 5 nitrogen and oxygen atoms in total. The minimum Gasteiger partial charge on any atom is -0.480 e. The molecule has 3 rings (SSSR count). The summed E-state index contributed by atoms with van der Waals surface area (Å²) in [5.41, 5.74) is 0.969. The first-order valence-electron chi connectivity index (χ1n) is 7.53. The Kier molecular flexibility index (Phi) is 4.95. The molecular weight excluding hydrogens is 342 g/mol. The molecule has 0 spiro atoms. The number of esters is 1. The van der Waals surface area contributed by atoms with E-state index in [1.54, 1.807) is 54.7 Å². The molecule has 0 fully saturated rings. The molecule has 0 bridgehead atoms. The third kappa shape index (κ3) is 3.78. The quantitative estimate of drug-likeness (QED) is 0.392. The van der Waals surface area contributed by atoms with Gasteiger partial charge in [-0.15, -0.1) is 0 Å². The van der Waals surface area contributed by atoms with Gasteiger partial charge in [0, 0.05) is 17.1 Å². The third-order valence-electron chi connectivity index (χ3n) is 3.52. The lowest BCUT2D eigenvalue weighted by atomic mass is 10.0. The van der Waals surface area contributed by atoms with Crippen LogP contribution in [0.15, 0.2) is 54.7 Å². The number of rotatable bonds is 5. The highest BCUT2D eigenvalue weighted by Crippen LogP contribution is 2.27. The van der Waals surface area contributed by atoms with E-state index in [0.29, 0.717) is 27.2 Å². The first kappa shape index (κ1) is 16.9. The molecule has 1 heterocycles. The van der Waals surface area contributed by atoms with Gasteiger partial charge in [0.1, 0.15) is 11.3 Å². The van der Waals surface area contributed by atoms with Gasteiger partial charge in [0.2, 0.25) is 0 Å². The molecule has 0 saturated heterocycles. The van der Waals surface area contributed by atoms with Crippen LogP contribution in [-0.2, 0) is 4.79 Å². The molecule has 25 heavy (non-hydrogen) atoms. The van der Waals surface area contributed by atoms with Gasteiger partial charge in [-0.1, -0.05) is 29.8 Å². The van der Waals surface area contributed by atoms with Gasteiger partial charge in [-0.25, -0.2) is 4.79 Å². The molecule has 0 aliphatic heterocycles. The fourth-order valence-electron chi connectivity index (χ4n) is 2.39. The van der Waals surface area contributed by atoms with Gasteiger partial charge < -0.3 is 9.47 Å². The molecule has 0 amide bonds. The number of aromatic nitrogens is 1. The molecule has 0 N–H and O–H groups in total. The number of hydrogen-bond acceptors (Lipinski definition) is 5. The third-order valence-corrected chi connectivity index (χ3v) is 3.83. The average molecular weight is 356 g/mol. The predicted molar refractivity (Wildman–Crippen MR) is 94.3 cm³/mol. The van der Waals surface area contributed by atoms with E-state index in [0.717, 1.165) is 0 Å². The molecule has 1 aromatic heterocycles. The van der Waals surface area contributed by atoms with Crippen molar-refractivity contribution >= 4 is 34.3 Å². The number of ether oxygens (including phenoxy) is 2. The Hall–Kier alpha value is -2.92. The van der Waals surface area contributed by atoms with Crippen molar-refractivity contribution in [2.75, 3.05) is 6.61 Å². The maximum Gasteiger partial charge on any atom is 0.349 e. The summed E-state index contributed by atoms with van der Waals surface area (Å²) in [6.45, 7) is 1.18. The van der Waals surface area contributed by atoms with Crippen molar-refractivity contribution in [2.45, 2.75) is 6.92 Å². The highest BCUT2D eigenvalue weighted by atomic mass is 35.5. The Morgan fingerprint density at radius 1 is 1.04 bits per heavy atom. The van der Waals surface area contributed by atoms with Gasteiger partial charge in [0.15, 0.2) is 18.1 Å². The van der Waals surface area contributed by atoms with Crippen molar-refractivity contribution in [2.24, 2.45) is 0 Å². The van der Waals surface area contributed by atoms with E-state index >= 15 is 0 Å². The molecule has 0 atom stereocenters. The van der Waals surface area contributed by atoms with Crippen LogP contribution in [0.5, 0.6) is 11.5 Å². The lowest BCUT2D eigenvalue weighted by Gasteiger charge is -2.10. The van der Waals surface area contributed by atoms with Crippen LogP contribution in [-0.4, -0.2) is 23.3 Å². The maximum absolute atomic E-state index is 12.1. The van der Waals surface area contributed by atoms with Gasteiger partial charge in [-0.05, 0) is 37.3 Å². The summed E-state index contributed by atoms with van der Waals surface area (Å²) in [5.74, 6) is -0.00948. The Balaban J connectivity index is 1.79. The van der Waals surface area contributed by atoms with Gasteiger partial charge in [-0.2, -0.15) is 0 Å². The Bertz CT molecular complexity index is 955. The molecule has 0 unspecified atom stereocenters. The zero-order chi connectivity index (χ0) is 17.8. The van der Waals surface area contributed by atoms with Gasteiger partial charge in [0.05, 0.1) is 5.02 Å². The van der Waals surface area contributed by atoms with Crippen molar-refractivity contribution in [3.05, 3.63) is 65.3 Å². The number of hydrogen-bond donors (Lipinski definition) is 0. The number of carbonyl (C=O) groups excluding carboxylic acids is 2. The predicted octanol–water partition coefficient (Wildman–Crippen LogP) is 4.08. The molecule has 126 valence electrons. The average Bonchev–Trinajstić information content (AvgIpc) is 2.61. The van der Waals surface area contributed by atoms with E-state index in [4.69, 9.17) is 21.1 Å². The molecule has 0 saturated carbocycles. The summed E-state index contributed by atoms with van der Waals surface area (Å²) in [7, 11) is 0. The van der Waals surface area contributed by atoms with E-state index in [-0.39, 0.29) is 18.1 Å². The molecular formula is C19H14ClNO4. The minimum absolute atomic E-state index is 0.0853. The minimum atomic E-state index is -0.595. The van der Waals surface area contributed by atoms with Crippen LogP contribution in [0.2, 0.25) is 5.02 Å². The molecule has 6 heteroatoms. The lowest BCUT2D eigenvalue weighted by Crippen LogP contribution is -2.18. The van der Waals surface area contributed by atoms with Crippen LogP contribution in [0.3, 0.4) is 0 Å². The zero-order valence-corrected chi connectivity index (χ0v) is 14.1. The number of Topliss-reactive ketones (excluding diaryl/α,β-unsaturated/α-hetero) is 1. The van der Waals surface area contributed by atoms with Crippen LogP contribution in [0.1, 0.15) is 17.3 Å². The van der Waals surface area contributed by atoms with E-state index in [9.17, 15) is 9.59 Å². The number of pyridine rings is 1. The Morgan fingerprint density at radius 3 is 2.60 bits per heavy atom. The summed E-state index contributed by atoms with van der Waals surface area (Å²) in [5, 5.41) is 1.04. The maximum atomic E-state index is 12.1. The molecule has 3 aromatic rings. The second-order valence-corrected chi connectivity index (χ2v) is 5.67. The van der Waals surface area contributed by atoms with E-state index in [1.807, 2.05) is 0 Å². The summed E-state index contributed by atoms with van der Waals surface area (Å²) < 4.78 is 10.7.